The molecule has 31 heavy (non-hydrogen) atoms. The molecule has 4 rings (SSSR count). The minimum Gasteiger partial charge on any atom is -0.489 e. The van der Waals surface area contributed by atoms with Crippen LogP contribution in [-0.2, 0) is 16.1 Å². The number of ether oxygens (including phenoxy) is 4. The summed E-state index contributed by atoms with van der Waals surface area (Å²) in [7, 11) is 0. The maximum Gasteiger partial charge on any atom is 0.339 e. The Morgan fingerprint density at radius 1 is 0.968 bits per heavy atom. The molecule has 1 atom stereocenters. The summed E-state index contributed by atoms with van der Waals surface area (Å²) in [5, 5.41) is 2.70. The second-order valence-corrected chi connectivity index (χ2v) is 6.91. The van der Waals surface area contributed by atoms with Crippen LogP contribution in [0.5, 0.6) is 17.2 Å². The highest BCUT2D eigenvalue weighted by Crippen LogP contribution is 2.34. The van der Waals surface area contributed by atoms with Gasteiger partial charge in [-0.25, -0.2) is 4.79 Å². The Kier molecular flexibility index (Phi) is 6.03. The summed E-state index contributed by atoms with van der Waals surface area (Å²) < 4.78 is 21.6. The van der Waals surface area contributed by atoms with Crippen molar-refractivity contribution >= 4 is 17.6 Å². The number of anilines is 1. The molecular formula is C24H21NO6. The first kappa shape index (κ1) is 20.3. The van der Waals surface area contributed by atoms with E-state index in [2.05, 4.69) is 5.32 Å². The van der Waals surface area contributed by atoms with Gasteiger partial charge in [0.05, 0.1) is 5.56 Å². The van der Waals surface area contributed by atoms with Gasteiger partial charge in [0.1, 0.15) is 12.4 Å². The molecule has 0 aliphatic carbocycles. The molecule has 1 aliphatic heterocycles. The van der Waals surface area contributed by atoms with Gasteiger partial charge in [-0.1, -0.05) is 36.4 Å². The predicted octanol–water partition coefficient (Wildman–Crippen LogP) is 4.18. The van der Waals surface area contributed by atoms with Gasteiger partial charge in [0, 0.05) is 11.8 Å². The van der Waals surface area contributed by atoms with Crippen molar-refractivity contribution in [3.05, 3.63) is 83.9 Å². The van der Waals surface area contributed by atoms with E-state index in [1.165, 1.54) is 6.92 Å². The molecule has 0 unspecified atom stereocenters. The molecule has 1 aliphatic rings. The first-order chi connectivity index (χ1) is 15.1. The smallest absolute Gasteiger partial charge is 0.339 e. The Morgan fingerprint density at radius 3 is 2.61 bits per heavy atom. The van der Waals surface area contributed by atoms with Crippen LogP contribution in [0.1, 0.15) is 22.8 Å². The van der Waals surface area contributed by atoms with Crippen LogP contribution >= 0.6 is 0 Å². The second-order valence-electron chi connectivity index (χ2n) is 6.91. The monoisotopic (exact) mass is 419 g/mol. The van der Waals surface area contributed by atoms with Crippen LogP contribution in [0.15, 0.2) is 72.8 Å². The predicted molar refractivity (Wildman–Crippen MR) is 113 cm³/mol. The van der Waals surface area contributed by atoms with Crippen molar-refractivity contribution in [1.82, 2.24) is 0 Å². The lowest BCUT2D eigenvalue weighted by Crippen LogP contribution is -2.30. The van der Waals surface area contributed by atoms with Crippen LogP contribution in [0.2, 0.25) is 0 Å². The third kappa shape index (κ3) is 5.14. The van der Waals surface area contributed by atoms with E-state index in [1.807, 2.05) is 30.3 Å². The highest BCUT2D eigenvalue weighted by Gasteiger charge is 2.21. The first-order valence-corrected chi connectivity index (χ1v) is 9.77. The first-order valence-electron chi connectivity index (χ1n) is 9.77. The molecule has 0 radical (unpaired) electrons. The molecule has 7 nitrogen and oxygen atoms in total. The van der Waals surface area contributed by atoms with Crippen molar-refractivity contribution in [3.63, 3.8) is 0 Å². The summed E-state index contributed by atoms with van der Waals surface area (Å²) in [5.41, 5.74) is 1.84. The highest BCUT2D eigenvalue weighted by atomic mass is 16.7. The number of carbonyl (C=O) groups is 2. The number of benzene rings is 3. The third-order valence-corrected chi connectivity index (χ3v) is 4.61. The van der Waals surface area contributed by atoms with E-state index in [1.54, 1.807) is 42.5 Å². The molecule has 0 saturated carbocycles. The lowest BCUT2D eigenvalue weighted by molar-refractivity contribution is -0.123. The quantitative estimate of drug-likeness (QED) is 0.579. The summed E-state index contributed by atoms with van der Waals surface area (Å²) in [6.07, 6.45) is -0.994. The van der Waals surface area contributed by atoms with Crippen LogP contribution in [0.3, 0.4) is 0 Å². The molecule has 1 N–H and O–H groups in total. The topological polar surface area (TPSA) is 83.1 Å². The molecule has 1 amide bonds. The second kappa shape index (κ2) is 9.21. The maximum atomic E-state index is 12.5. The lowest BCUT2D eigenvalue weighted by Gasteiger charge is -2.14. The number of hydrogen-bond donors (Lipinski definition) is 1. The summed E-state index contributed by atoms with van der Waals surface area (Å²) in [6.45, 7) is 2.04. The molecule has 0 fully saturated rings. The maximum absolute atomic E-state index is 12.5. The Balaban J connectivity index is 1.33. The van der Waals surface area contributed by atoms with Crippen molar-refractivity contribution < 1.29 is 28.5 Å². The lowest BCUT2D eigenvalue weighted by atomic mass is 10.2. The average molecular weight is 419 g/mol. The van der Waals surface area contributed by atoms with Crippen molar-refractivity contribution in [2.75, 3.05) is 12.1 Å². The van der Waals surface area contributed by atoms with Gasteiger partial charge in [-0.05, 0) is 42.8 Å². The molecule has 7 heteroatoms. The van der Waals surface area contributed by atoms with Gasteiger partial charge in [-0.15, -0.1) is 0 Å². The minimum absolute atomic E-state index is 0.148. The van der Waals surface area contributed by atoms with Gasteiger partial charge in [-0.2, -0.15) is 0 Å². The van der Waals surface area contributed by atoms with E-state index in [-0.39, 0.29) is 6.79 Å². The average Bonchev–Trinajstić information content (AvgIpc) is 3.26. The van der Waals surface area contributed by atoms with Gasteiger partial charge in [0.15, 0.2) is 17.6 Å². The van der Waals surface area contributed by atoms with Crippen molar-refractivity contribution in [1.29, 1.82) is 0 Å². The zero-order valence-electron chi connectivity index (χ0n) is 16.9. The summed E-state index contributed by atoms with van der Waals surface area (Å²) in [6, 6.07) is 21.4. The molecule has 0 spiro atoms. The molecule has 3 aromatic carbocycles. The van der Waals surface area contributed by atoms with Crippen LogP contribution in [0.4, 0.5) is 5.69 Å². The Hall–Kier alpha value is -4.00. The fraction of sp³-hybridized carbons (Fsp3) is 0.167. The minimum atomic E-state index is -0.994. The van der Waals surface area contributed by atoms with Crippen LogP contribution in [0, 0.1) is 0 Å². The summed E-state index contributed by atoms with van der Waals surface area (Å²) in [5.74, 6) is 0.638. The molecule has 3 aromatic rings. The van der Waals surface area contributed by atoms with E-state index in [9.17, 15) is 9.59 Å². The largest absolute Gasteiger partial charge is 0.489 e. The van der Waals surface area contributed by atoms with Gasteiger partial charge in [0.2, 0.25) is 6.79 Å². The van der Waals surface area contributed by atoms with Gasteiger partial charge >= 0.3 is 5.97 Å². The number of rotatable bonds is 7. The van der Waals surface area contributed by atoms with E-state index in [4.69, 9.17) is 18.9 Å². The third-order valence-electron chi connectivity index (χ3n) is 4.61. The number of esters is 1. The van der Waals surface area contributed by atoms with Crippen LogP contribution in [0.25, 0.3) is 0 Å². The van der Waals surface area contributed by atoms with Crippen LogP contribution < -0.4 is 19.5 Å². The summed E-state index contributed by atoms with van der Waals surface area (Å²) >= 11 is 0. The van der Waals surface area contributed by atoms with E-state index >= 15 is 0 Å². The van der Waals surface area contributed by atoms with Gasteiger partial charge < -0.3 is 24.3 Å². The Morgan fingerprint density at radius 2 is 1.77 bits per heavy atom. The highest BCUT2D eigenvalue weighted by molar-refractivity contribution is 5.97. The van der Waals surface area contributed by atoms with Gasteiger partial charge in [0.25, 0.3) is 5.91 Å². The molecule has 0 bridgehead atoms. The van der Waals surface area contributed by atoms with Crippen molar-refractivity contribution in [2.45, 2.75) is 19.6 Å². The number of amides is 1. The summed E-state index contributed by atoms with van der Waals surface area (Å²) in [4.78, 5) is 24.9. The normalized spacial score (nSPS) is 12.7. The van der Waals surface area contributed by atoms with E-state index in [0.717, 1.165) is 5.56 Å². The molecule has 1 heterocycles. The number of fused-ring (bicyclic) bond motifs is 1. The molecule has 0 aromatic heterocycles. The SMILES string of the molecule is C[C@H](OC(=O)c1cccc(OCc2ccccc2)c1)C(=O)Nc1ccc2c(c1)OCO2. The molecule has 158 valence electrons. The van der Waals surface area contributed by atoms with Crippen molar-refractivity contribution in [2.24, 2.45) is 0 Å². The fourth-order valence-corrected chi connectivity index (χ4v) is 2.95. The number of carbonyl (C=O) groups excluding carboxylic acids is 2. The zero-order valence-corrected chi connectivity index (χ0v) is 16.9. The standard InChI is InChI=1S/C24H21NO6/c1-16(23(26)25-19-10-11-21-22(13-19)30-15-29-21)31-24(27)18-8-5-9-20(12-18)28-14-17-6-3-2-4-7-17/h2-13,16H,14-15H2,1H3,(H,25,26)/t16-/m0/s1. The fourth-order valence-electron chi connectivity index (χ4n) is 2.95. The van der Waals surface area contributed by atoms with E-state index in [0.29, 0.717) is 35.1 Å². The zero-order chi connectivity index (χ0) is 21.6. The van der Waals surface area contributed by atoms with Crippen molar-refractivity contribution in [3.8, 4) is 17.2 Å². The number of hydrogen-bond acceptors (Lipinski definition) is 6. The van der Waals surface area contributed by atoms with E-state index < -0.39 is 18.0 Å². The molecular weight excluding hydrogens is 398 g/mol. The Labute approximate surface area is 179 Å². The Bertz CT molecular complexity index is 1080. The number of nitrogens with one attached hydrogen (secondary N) is 1. The van der Waals surface area contributed by atoms with Gasteiger partial charge in [-0.3, -0.25) is 4.79 Å². The van der Waals surface area contributed by atoms with Crippen LogP contribution in [-0.4, -0.2) is 24.8 Å². The molecule has 0 saturated heterocycles.